The number of alkyl halides is 2. The Morgan fingerprint density at radius 3 is 2.49 bits per heavy atom. The van der Waals surface area contributed by atoms with Crippen molar-refractivity contribution in [3.05, 3.63) is 95.2 Å². The molecule has 1 amide bonds. The molecular weight excluding hydrogens is 541 g/mol. The summed E-state index contributed by atoms with van der Waals surface area (Å²) in [6, 6.07) is 12.9. The highest BCUT2D eigenvalue weighted by Gasteiger charge is 2.30. The third-order valence-corrected chi connectivity index (χ3v) is 7.72. The molecule has 2 bridgehead atoms. The molecule has 2 aromatic heterocycles. The summed E-state index contributed by atoms with van der Waals surface area (Å²) >= 11 is 0. The highest BCUT2D eigenvalue weighted by molar-refractivity contribution is 5.96. The third-order valence-electron chi connectivity index (χ3n) is 7.72. The van der Waals surface area contributed by atoms with Crippen LogP contribution in [0, 0.1) is 23.4 Å². The van der Waals surface area contributed by atoms with Crippen LogP contribution < -0.4 is 10.0 Å². The van der Waals surface area contributed by atoms with E-state index >= 15 is 0 Å². The van der Waals surface area contributed by atoms with E-state index in [1.54, 1.807) is 38.1 Å². The molecule has 2 aromatic carbocycles. The van der Waals surface area contributed by atoms with Gasteiger partial charge < -0.3 is 5.32 Å². The number of nitrogens with zero attached hydrogens (tertiary/aromatic N) is 2. The monoisotopic (exact) mass is 570 g/mol. The fourth-order valence-corrected chi connectivity index (χ4v) is 5.58. The quantitative estimate of drug-likeness (QED) is 0.115. The van der Waals surface area contributed by atoms with Crippen molar-refractivity contribution in [2.24, 2.45) is 5.92 Å². The van der Waals surface area contributed by atoms with Crippen LogP contribution >= 0.6 is 0 Å². The van der Waals surface area contributed by atoms with E-state index < -0.39 is 41.4 Å². The maximum Gasteiger partial charge on any atom is 0.319 e. The number of fused-ring (bicyclic) bond motifs is 4. The van der Waals surface area contributed by atoms with Gasteiger partial charge in [-0.1, -0.05) is 38.5 Å². The van der Waals surface area contributed by atoms with Crippen LogP contribution in [0.4, 0.5) is 27.6 Å². The molecule has 0 fully saturated rings. The SMILES string of the molecule is CCc1cc2c(n1C(F)F)-c1cccc(c1)C(c1ccc(-c3c(F)ccc(F)c3F)c[n+]1O)CCCC(C)C(=O)N2. The second-order valence-electron chi connectivity index (χ2n) is 10.3. The van der Waals surface area contributed by atoms with Crippen LogP contribution in [0.5, 0.6) is 0 Å². The molecule has 0 saturated carbocycles. The lowest BCUT2D eigenvalue weighted by molar-refractivity contribution is -0.909. The van der Waals surface area contributed by atoms with Gasteiger partial charge in [0.15, 0.2) is 11.6 Å². The molecular formula is C31H29F5N3O2+. The second-order valence-corrected chi connectivity index (χ2v) is 10.3. The molecule has 1 aliphatic rings. The first kappa shape index (κ1) is 28.3. The largest absolute Gasteiger partial charge is 0.324 e. The van der Waals surface area contributed by atoms with Gasteiger partial charge in [0.25, 0.3) is 0 Å². The van der Waals surface area contributed by atoms with Gasteiger partial charge in [-0.3, -0.25) is 14.6 Å². The molecule has 2 atom stereocenters. The molecule has 1 aliphatic heterocycles. The normalized spacial score (nSPS) is 17.5. The van der Waals surface area contributed by atoms with E-state index in [-0.39, 0.29) is 17.2 Å². The summed E-state index contributed by atoms with van der Waals surface area (Å²) < 4.78 is 73.0. The molecule has 41 heavy (non-hydrogen) atoms. The van der Waals surface area contributed by atoms with Crippen molar-refractivity contribution in [1.82, 2.24) is 4.57 Å². The number of benzene rings is 2. The molecule has 3 heterocycles. The fourth-order valence-electron chi connectivity index (χ4n) is 5.58. The Kier molecular flexibility index (Phi) is 7.84. The molecule has 2 N–H and O–H groups in total. The Hall–Kier alpha value is -4.21. The van der Waals surface area contributed by atoms with Crippen molar-refractivity contribution < 1.29 is 36.7 Å². The van der Waals surface area contributed by atoms with Gasteiger partial charge in [-0.2, -0.15) is 8.78 Å². The fraction of sp³-hybridized carbons (Fsp3) is 0.290. The van der Waals surface area contributed by atoms with Crippen LogP contribution in [0.1, 0.15) is 62.5 Å². The summed E-state index contributed by atoms with van der Waals surface area (Å²) in [6.45, 7) is 0.687. The average Bonchev–Trinajstić information content (AvgIpc) is 3.32. The number of hydrogen-bond acceptors (Lipinski definition) is 2. The predicted molar refractivity (Wildman–Crippen MR) is 143 cm³/mol. The smallest absolute Gasteiger partial charge is 0.319 e. The van der Waals surface area contributed by atoms with E-state index in [4.69, 9.17) is 0 Å². The number of halogens is 5. The van der Waals surface area contributed by atoms with Gasteiger partial charge in [0.2, 0.25) is 17.8 Å². The molecule has 10 heteroatoms. The van der Waals surface area contributed by atoms with Crippen molar-refractivity contribution in [3.8, 4) is 22.4 Å². The first-order chi connectivity index (χ1) is 19.6. The highest BCUT2D eigenvalue weighted by atomic mass is 19.3. The van der Waals surface area contributed by atoms with Crippen LogP contribution in [0.15, 0.2) is 60.8 Å². The number of nitrogens with one attached hydrogen (secondary N) is 1. The summed E-state index contributed by atoms with van der Waals surface area (Å²) in [4.78, 5) is 13.0. The summed E-state index contributed by atoms with van der Waals surface area (Å²) in [6.07, 6.45) is 3.00. The average molecular weight is 571 g/mol. The van der Waals surface area contributed by atoms with Crippen LogP contribution in [0.25, 0.3) is 22.4 Å². The lowest BCUT2D eigenvalue weighted by Gasteiger charge is -2.20. The Morgan fingerprint density at radius 1 is 1.02 bits per heavy atom. The molecule has 2 unspecified atom stereocenters. The van der Waals surface area contributed by atoms with E-state index in [0.29, 0.717) is 60.0 Å². The highest BCUT2D eigenvalue weighted by Crippen LogP contribution is 2.39. The summed E-state index contributed by atoms with van der Waals surface area (Å²) in [5.74, 6) is -4.73. The van der Waals surface area contributed by atoms with E-state index in [1.807, 2.05) is 6.07 Å². The number of aryl methyl sites for hydroxylation is 1. The number of rotatable bonds is 4. The lowest BCUT2D eigenvalue weighted by atomic mass is 9.86. The van der Waals surface area contributed by atoms with Gasteiger partial charge in [-0.05, 0) is 55.2 Å². The van der Waals surface area contributed by atoms with E-state index in [1.165, 1.54) is 12.1 Å². The minimum atomic E-state index is -2.84. The second kappa shape index (κ2) is 11.3. The summed E-state index contributed by atoms with van der Waals surface area (Å²) in [7, 11) is 0. The van der Waals surface area contributed by atoms with Crippen LogP contribution in [-0.4, -0.2) is 15.7 Å². The van der Waals surface area contributed by atoms with Gasteiger partial charge in [-0.15, -0.1) is 0 Å². The number of carbonyl (C=O) groups is 1. The Balaban J connectivity index is 1.65. The van der Waals surface area contributed by atoms with Crippen LogP contribution in [0.3, 0.4) is 0 Å². The van der Waals surface area contributed by atoms with Crippen molar-refractivity contribution in [1.29, 1.82) is 0 Å². The molecule has 4 aromatic rings. The number of aromatic nitrogens is 2. The molecule has 0 saturated heterocycles. The van der Waals surface area contributed by atoms with Gasteiger partial charge in [0, 0.05) is 28.0 Å². The van der Waals surface area contributed by atoms with Gasteiger partial charge in [0.1, 0.15) is 5.82 Å². The summed E-state index contributed by atoms with van der Waals surface area (Å²) in [5.41, 5.74) is 1.73. The molecule has 214 valence electrons. The van der Waals surface area contributed by atoms with Crippen molar-refractivity contribution in [2.75, 3.05) is 5.32 Å². The summed E-state index contributed by atoms with van der Waals surface area (Å²) in [5, 5.41) is 13.8. The van der Waals surface area contributed by atoms with Gasteiger partial charge in [-0.25, -0.2) is 13.2 Å². The lowest BCUT2D eigenvalue weighted by Crippen LogP contribution is -2.37. The van der Waals surface area contributed by atoms with Crippen LogP contribution in [-0.2, 0) is 11.2 Å². The molecule has 5 rings (SSSR count). The Labute approximate surface area is 233 Å². The maximum absolute atomic E-state index is 14.4. The molecule has 0 aliphatic carbocycles. The van der Waals surface area contributed by atoms with E-state index in [2.05, 4.69) is 5.32 Å². The standard InChI is InChI=1S/C31H28F5N3O2/c1-3-21-15-25-29(39(21)31(35)36)19-8-5-7-18(14-19)22(9-4-6-17(2)30(40)37-25)26-13-10-20(16-38(26)41)27-23(32)11-12-24(33)28(27)34/h5,7-8,10-17,22,31H,3-4,6,9H2,1-2H3,(H-,37,40,41)/p+1. The first-order valence-electron chi connectivity index (χ1n) is 13.4. The van der Waals surface area contributed by atoms with Crippen molar-refractivity contribution >= 4 is 11.6 Å². The number of hydrogen-bond donors (Lipinski definition) is 2. The third kappa shape index (κ3) is 5.30. The molecule has 0 spiro atoms. The number of pyridine rings is 1. The number of carbonyl (C=O) groups excluding carboxylic acids is 1. The topological polar surface area (TPSA) is 58.1 Å². The van der Waals surface area contributed by atoms with E-state index in [0.717, 1.165) is 21.6 Å². The van der Waals surface area contributed by atoms with Crippen molar-refractivity contribution in [2.45, 2.75) is 52.0 Å². The van der Waals surface area contributed by atoms with Gasteiger partial charge >= 0.3 is 6.55 Å². The number of amides is 1. The zero-order valence-electron chi connectivity index (χ0n) is 22.5. The first-order valence-corrected chi connectivity index (χ1v) is 13.4. The Bertz CT molecular complexity index is 1620. The minimum Gasteiger partial charge on any atom is -0.324 e. The van der Waals surface area contributed by atoms with Gasteiger partial charge in [0.05, 0.1) is 28.4 Å². The molecule has 5 nitrogen and oxygen atoms in total. The molecule has 0 radical (unpaired) electrons. The number of anilines is 1. The zero-order valence-corrected chi connectivity index (χ0v) is 22.5. The predicted octanol–water partition coefficient (Wildman–Crippen LogP) is 7.61. The maximum atomic E-state index is 14.4. The minimum absolute atomic E-state index is 0.0653. The Morgan fingerprint density at radius 2 is 1.78 bits per heavy atom. The van der Waals surface area contributed by atoms with E-state index in [9.17, 15) is 32.0 Å². The zero-order chi connectivity index (χ0) is 29.4. The van der Waals surface area contributed by atoms with Crippen molar-refractivity contribution in [3.63, 3.8) is 0 Å². The van der Waals surface area contributed by atoms with Crippen LogP contribution in [0.2, 0.25) is 0 Å².